The van der Waals surface area contributed by atoms with Crippen molar-refractivity contribution in [3.8, 4) is 17.2 Å². The van der Waals surface area contributed by atoms with Crippen LogP contribution in [0.4, 0.5) is 4.39 Å². The zero-order valence-electron chi connectivity index (χ0n) is 15.7. The summed E-state index contributed by atoms with van der Waals surface area (Å²) in [6.45, 7) is 0.293. The van der Waals surface area contributed by atoms with Gasteiger partial charge in [0.25, 0.3) is 0 Å². The number of fused-ring (bicyclic) bond motifs is 2. The summed E-state index contributed by atoms with van der Waals surface area (Å²) in [7, 11) is 3.15. The number of carbonyl (C=O) groups is 1. The van der Waals surface area contributed by atoms with Gasteiger partial charge in [0.1, 0.15) is 11.5 Å². The predicted octanol–water partition coefficient (Wildman–Crippen LogP) is 4.73. The number of amides is 1. The standard InChI is InChI=1S/C23H20FNO3/c1-25(14-15-11-12-21(27-2)18(24)13-15)23(26)22-16-7-3-5-9-19(16)28-20-10-6-4-8-17(20)22/h3-13,22H,14H2,1-2H3. The van der Waals surface area contributed by atoms with Crippen LogP contribution in [-0.2, 0) is 11.3 Å². The topological polar surface area (TPSA) is 38.8 Å². The largest absolute Gasteiger partial charge is 0.494 e. The second-order valence-electron chi connectivity index (χ2n) is 6.77. The molecule has 4 rings (SSSR count). The van der Waals surface area contributed by atoms with Crippen molar-refractivity contribution in [3.05, 3.63) is 89.2 Å². The molecular formula is C23H20FNO3. The molecule has 0 N–H and O–H groups in total. The molecule has 0 aliphatic carbocycles. The van der Waals surface area contributed by atoms with Gasteiger partial charge in [-0.3, -0.25) is 4.79 Å². The summed E-state index contributed by atoms with van der Waals surface area (Å²) in [5, 5.41) is 0. The lowest BCUT2D eigenvalue weighted by molar-refractivity contribution is -0.131. The quantitative estimate of drug-likeness (QED) is 0.660. The molecule has 3 aromatic rings. The van der Waals surface area contributed by atoms with E-state index in [4.69, 9.17) is 9.47 Å². The number of halogens is 1. The minimum atomic E-state index is -0.464. The van der Waals surface area contributed by atoms with E-state index in [2.05, 4.69) is 0 Å². The first kappa shape index (κ1) is 18.0. The van der Waals surface area contributed by atoms with Crippen LogP contribution in [0.3, 0.4) is 0 Å². The van der Waals surface area contributed by atoms with Crippen molar-refractivity contribution in [3.63, 3.8) is 0 Å². The second kappa shape index (κ2) is 7.35. The van der Waals surface area contributed by atoms with E-state index in [0.717, 1.165) is 11.1 Å². The van der Waals surface area contributed by atoms with Crippen LogP contribution in [0.1, 0.15) is 22.6 Å². The molecule has 0 atom stereocenters. The smallest absolute Gasteiger partial charge is 0.234 e. The highest BCUT2D eigenvalue weighted by Crippen LogP contribution is 2.44. The van der Waals surface area contributed by atoms with Gasteiger partial charge in [-0.2, -0.15) is 0 Å². The molecular weight excluding hydrogens is 357 g/mol. The van der Waals surface area contributed by atoms with Crippen LogP contribution in [0.5, 0.6) is 17.2 Å². The van der Waals surface area contributed by atoms with Gasteiger partial charge in [-0.25, -0.2) is 4.39 Å². The van der Waals surface area contributed by atoms with E-state index >= 15 is 0 Å². The van der Waals surface area contributed by atoms with Crippen LogP contribution in [0.15, 0.2) is 66.7 Å². The second-order valence-corrected chi connectivity index (χ2v) is 6.77. The SMILES string of the molecule is COc1ccc(CN(C)C(=O)C2c3ccccc3Oc3ccccc32)cc1F. The van der Waals surface area contributed by atoms with Crippen molar-refractivity contribution >= 4 is 5.91 Å². The maximum Gasteiger partial charge on any atom is 0.234 e. The molecule has 0 bridgehead atoms. The van der Waals surface area contributed by atoms with Crippen molar-refractivity contribution in [2.24, 2.45) is 0 Å². The average Bonchev–Trinajstić information content (AvgIpc) is 2.71. The lowest BCUT2D eigenvalue weighted by Gasteiger charge is -2.30. The molecule has 1 aliphatic rings. The lowest BCUT2D eigenvalue weighted by Crippen LogP contribution is -2.33. The highest BCUT2D eigenvalue weighted by molar-refractivity contribution is 5.89. The van der Waals surface area contributed by atoms with Gasteiger partial charge in [-0.1, -0.05) is 42.5 Å². The highest BCUT2D eigenvalue weighted by Gasteiger charge is 2.34. The van der Waals surface area contributed by atoms with Crippen molar-refractivity contribution in [1.82, 2.24) is 4.90 Å². The van der Waals surface area contributed by atoms with E-state index in [0.29, 0.717) is 23.6 Å². The number of ether oxygens (including phenoxy) is 2. The normalized spacial score (nSPS) is 12.5. The number of carbonyl (C=O) groups excluding carboxylic acids is 1. The number of para-hydroxylation sites is 2. The molecule has 1 aliphatic heterocycles. The van der Waals surface area contributed by atoms with E-state index in [9.17, 15) is 9.18 Å². The summed E-state index contributed by atoms with van der Waals surface area (Å²) in [6, 6.07) is 19.9. The average molecular weight is 377 g/mol. The summed E-state index contributed by atoms with van der Waals surface area (Å²) in [5.74, 6) is 0.577. The molecule has 0 spiro atoms. The maximum absolute atomic E-state index is 14.0. The van der Waals surface area contributed by atoms with Crippen molar-refractivity contribution in [2.75, 3.05) is 14.2 Å². The first-order valence-electron chi connectivity index (χ1n) is 9.01. The van der Waals surface area contributed by atoms with Gasteiger partial charge in [0.05, 0.1) is 13.0 Å². The number of likely N-dealkylation sites (N-methyl/N-ethyl adjacent to an activating group) is 1. The number of nitrogens with zero attached hydrogens (tertiary/aromatic N) is 1. The predicted molar refractivity (Wildman–Crippen MR) is 104 cm³/mol. The maximum atomic E-state index is 14.0. The zero-order valence-corrected chi connectivity index (χ0v) is 15.7. The Bertz CT molecular complexity index is 988. The van der Waals surface area contributed by atoms with Crippen LogP contribution < -0.4 is 9.47 Å². The van der Waals surface area contributed by atoms with E-state index < -0.39 is 11.7 Å². The number of hydrogen-bond acceptors (Lipinski definition) is 3. The van der Waals surface area contributed by atoms with Crippen LogP contribution in [-0.4, -0.2) is 25.0 Å². The fourth-order valence-corrected chi connectivity index (χ4v) is 3.56. The van der Waals surface area contributed by atoms with Gasteiger partial charge >= 0.3 is 0 Å². The Balaban J connectivity index is 1.65. The third kappa shape index (κ3) is 3.20. The summed E-state index contributed by atoms with van der Waals surface area (Å²) in [6.07, 6.45) is 0. The molecule has 0 unspecified atom stereocenters. The number of hydrogen-bond donors (Lipinski definition) is 0. The number of rotatable bonds is 4. The summed E-state index contributed by atoms with van der Waals surface area (Å²) in [4.78, 5) is 15.0. The molecule has 142 valence electrons. The first-order chi connectivity index (χ1) is 13.6. The summed E-state index contributed by atoms with van der Waals surface area (Å²) < 4.78 is 24.9. The van der Waals surface area contributed by atoms with Gasteiger partial charge in [0.15, 0.2) is 11.6 Å². The Morgan fingerprint density at radius 2 is 1.64 bits per heavy atom. The molecule has 0 saturated carbocycles. The van der Waals surface area contributed by atoms with Crippen molar-refractivity contribution < 1.29 is 18.7 Å². The first-order valence-corrected chi connectivity index (χ1v) is 9.01. The Morgan fingerprint density at radius 1 is 1.04 bits per heavy atom. The Kier molecular flexibility index (Phi) is 4.74. The fourth-order valence-electron chi connectivity index (χ4n) is 3.56. The molecule has 4 nitrogen and oxygen atoms in total. The van der Waals surface area contributed by atoms with E-state index in [1.807, 2.05) is 48.5 Å². The fraction of sp³-hybridized carbons (Fsp3) is 0.174. The van der Waals surface area contributed by atoms with Crippen LogP contribution in [0.25, 0.3) is 0 Å². The van der Waals surface area contributed by atoms with Crippen LogP contribution >= 0.6 is 0 Å². The summed E-state index contributed by atoms with van der Waals surface area (Å²) in [5.41, 5.74) is 2.36. The minimum Gasteiger partial charge on any atom is -0.494 e. The van der Waals surface area contributed by atoms with Crippen molar-refractivity contribution in [1.29, 1.82) is 0 Å². The zero-order chi connectivity index (χ0) is 19.7. The molecule has 3 aromatic carbocycles. The molecule has 0 fully saturated rings. The molecule has 0 aromatic heterocycles. The van der Waals surface area contributed by atoms with Crippen molar-refractivity contribution in [2.45, 2.75) is 12.5 Å². The van der Waals surface area contributed by atoms with Crippen LogP contribution in [0.2, 0.25) is 0 Å². The van der Waals surface area contributed by atoms with E-state index in [-0.39, 0.29) is 11.7 Å². The number of benzene rings is 3. The lowest BCUT2D eigenvalue weighted by atomic mass is 9.87. The van der Waals surface area contributed by atoms with Gasteiger partial charge in [0, 0.05) is 24.7 Å². The minimum absolute atomic E-state index is 0.0700. The third-order valence-electron chi connectivity index (χ3n) is 4.94. The number of methoxy groups -OCH3 is 1. The third-order valence-corrected chi connectivity index (χ3v) is 4.94. The van der Waals surface area contributed by atoms with Gasteiger partial charge in [-0.05, 0) is 29.8 Å². The van der Waals surface area contributed by atoms with Gasteiger partial charge < -0.3 is 14.4 Å². The molecule has 1 heterocycles. The molecule has 28 heavy (non-hydrogen) atoms. The van der Waals surface area contributed by atoms with Crippen LogP contribution in [0, 0.1) is 5.82 Å². The van der Waals surface area contributed by atoms with E-state index in [1.165, 1.54) is 13.2 Å². The van der Waals surface area contributed by atoms with E-state index in [1.54, 1.807) is 24.1 Å². The van der Waals surface area contributed by atoms with Gasteiger partial charge in [0.2, 0.25) is 5.91 Å². The molecule has 0 radical (unpaired) electrons. The molecule has 1 amide bonds. The monoisotopic (exact) mass is 377 g/mol. The Hall–Kier alpha value is -3.34. The molecule has 0 saturated heterocycles. The summed E-state index contributed by atoms with van der Waals surface area (Å²) >= 11 is 0. The Morgan fingerprint density at radius 3 is 2.21 bits per heavy atom. The Labute approximate surface area is 163 Å². The molecule has 5 heteroatoms. The highest BCUT2D eigenvalue weighted by atomic mass is 19.1. The van der Waals surface area contributed by atoms with Gasteiger partial charge in [-0.15, -0.1) is 0 Å².